The van der Waals surface area contributed by atoms with Crippen LogP contribution in [-0.4, -0.2) is 22.0 Å². The van der Waals surface area contributed by atoms with Gasteiger partial charge in [0.1, 0.15) is 17.3 Å². The Morgan fingerprint density at radius 1 is 1.00 bits per heavy atom. The van der Waals surface area contributed by atoms with E-state index in [1.807, 2.05) is 44.2 Å². The van der Waals surface area contributed by atoms with Crippen molar-refractivity contribution in [2.45, 2.75) is 53.2 Å². The SMILES string of the molecule is Cc1nn(C)c(/C(OC(C)OC(=O)c2ccccc2)=C(\C#N)c2ccc(C(C)(C)C)cc2)c1C. The molecule has 6 heteroatoms. The molecular weight excluding hydrogens is 426 g/mol. The Balaban J connectivity index is 2.05. The van der Waals surface area contributed by atoms with E-state index in [2.05, 4.69) is 31.9 Å². The molecule has 0 aliphatic rings. The topological polar surface area (TPSA) is 77.1 Å². The summed E-state index contributed by atoms with van der Waals surface area (Å²) in [6, 6.07) is 18.9. The highest BCUT2D eigenvalue weighted by atomic mass is 16.7. The quantitative estimate of drug-likeness (QED) is 0.198. The molecule has 3 rings (SSSR count). The molecule has 176 valence electrons. The van der Waals surface area contributed by atoms with Gasteiger partial charge in [-0.15, -0.1) is 0 Å². The molecule has 0 fully saturated rings. The van der Waals surface area contributed by atoms with Crippen molar-refractivity contribution in [3.05, 3.63) is 88.2 Å². The number of rotatable bonds is 6. The van der Waals surface area contributed by atoms with E-state index in [0.717, 1.165) is 16.8 Å². The van der Waals surface area contributed by atoms with Crippen LogP contribution >= 0.6 is 0 Å². The van der Waals surface area contributed by atoms with Crippen LogP contribution in [0.25, 0.3) is 11.3 Å². The Labute approximate surface area is 201 Å². The van der Waals surface area contributed by atoms with Crippen LogP contribution in [0.4, 0.5) is 0 Å². The van der Waals surface area contributed by atoms with E-state index in [-0.39, 0.29) is 5.41 Å². The van der Waals surface area contributed by atoms with Crippen LogP contribution < -0.4 is 0 Å². The lowest BCUT2D eigenvalue weighted by Gasteiger charge is -2.21. The third kappa shape index (κ3) is 5.37. The van der Waals surface area contributed by atoms with Gasteiger partial charge in [-0.05, 0) is 42.5 Å². The van der Waals surface area contributed by atoms with Crippen molar-refractivity contribution in [2.24, 2.45) is 7.05 Å². The summed E-state index contributed by atoms with van der Waals surface area (Å²) in [5.41, 5.74) is 5.01. The Morgan fingerprint density at radius 3 is 2.12 bits per heavy atom. The molecule has 0 amide bonds. The number of esters is 1. The van der Waals surface area contributed by atoms with Gasteiger partial charge in [0.15, 0.2) is 5.76 Å². The summed E-state index contributed by atoms with van der Waals surface area (Å²) in [5.74, 6) is -0.182. The summed E-state index contributed by atoms with van der Waals surface area (Å²) >= 11 is 0. The molecule has 3 aromatic rings. The number of benzene rings is 2. The van der Waals surface area contributed by atoms with Crippen molar-refractivity contribution >= 4 is 17.3 Å². The van der Waals surface area contributed by atoms with Gasteiger partial charge in [-0.2, -0.15) is 10.4 Å². The van der Waals surface area contributed by atoms with E-state index in [1.165, 1.54) is 0 Å². The van der Waals surface area contributed by atoms with Crippen LogP contribution in [0.2, 0.25) is 0 Å². The minimum Gasteiger partial charge on any atom is -0.451 e. The zero-order chi connectivity index (χ0) is 25.0. The molecule has 1 aromatic heterocycles. The second-order valence-corrected chi connectivity index (χ2v) is 9.28. The molecular formula is C28H31N3O3. The molecule has 0 saturated carbocycles. The fourth-order valence-corrected chi connectivity index (χ4v) is 3.68. The molecule has 6 nitrogen and oxygen atoms in total. The highest BCUT2D eigenvalue weighted by Gasteiger charge is 2.25. The minimum atomic E-state index is -0.936. The molecule has 0 saturated heterocycles. The number of allylic oxidation sites excluding steroid dienone is 1. The van der Waals surface area contributed by atoms with Gasteiger partial charge in [-0.25, -0.2) is 4.79 Å². The Bertz CT molecular complexity index is 1240. The summed E-state index contributed by atoms with van der Waals surface area (Å²) in [4.78, 5) is 12.6. The van der Waals surface area contributed by atoms with Crippen LogP contribution in [-0.2, 0) is 21.9 Å². The standard InChI is InChI=1S/C28H31N3O3/c1-18-19(2)30-31(7)25(18)26(33-20(3)34-27(32)22-11-9-8-10-12-22)24(17-29)21-13-15-23(16-14-21)28(4,5)6/h8-16,20H,1-7H3/b26-24-. The van der Waals surface area contributed by atoms with Crippen molar-refractivity contribution in [1.82, 2.24) is 9.78 Å². The van der Waals surface area contributed by atoms with Gasteiger partial charge >= 0.3 is 5.97 Å². The van der Waals surface area contributed by atoms with E-state index < -0.39 is 12.3 Å². The summed E-state index contributed by atoms with van der Waals surface area (Å²) in [6.45, 7) is 11.9. The van der Waals surface area contributed by atoms with Gasteiger partial charge in [-0.3, -0.25) is 4.68 Å². The fourth-order valence-electron chi connectivity index (χ4n) is 3.68. The number of ether oxygens (including phenoxy) is 2. The summed E-state index contributed by atoms with van der Waals surface area (Å²) in [7, 11) is 1.80. The molecule has 1 unspecified atom stereocenters. The van der Waals surface area contributed by atoms with Gasteiger partial charge in [0.2, 0.25) is 6.29 Å². The van der Waals surface area contributed by atoms with Crippen LogP contribution in [0, 0.1) is 25.2 Å². The molecule has 0 spiro atoms. The number of aryl methyl sites for hydroxylation is 2. The lowest BCUT2D eigenvalue weighted by Crippen LogP contribution is -2.19. The fraction of sp³-hybridized carbons (Fsp3) is 0.321. The summed E-state index contributed by atoms with van der Waals surface area (Å²) in [5, 5.41) is 14.7. The van der Waals surface area contributed by atoms with Gasteiger partial charge in [-0.1, -0.05) is 63.2 Å². The number of carbonyl (C=O) groups excluding carboxylic acids is 1. The van der Waals surface area contributed by atoms with E-state index in [4.69, 9.17) is 9.47 Å². The molecule has 34 heavy (non-hydrogen) atoms. The predicted molar refractivity (Wildman–Crippen MR) is 133 cm³/mol. The maximum absolute atomic E-state index is 12.6. The molecule has 2 aromatic carbocycles. The average Bonchev–Trinajstić information content (AvgIpc) is 3.05. The highest BCUT2D eigenvalue weighted by molar-refractivity contribution is 5.95. The second-order valence-electron chi connectivity index (χ2n) is 9.28. The maximum Gasteiger partial charge on any atom is 0.341 e. The zero-order valence-corrected chi connectivity index (χ0v) is 20.8. The first-order valence-electron chi connectivity index (χ1n) is 11.2. The highest BCUT2D eigenvalue weighted by Crippen LogP contribution is 2.32. The number of nitrogens with zero attached hydrogens (tertiary/aromatic N) is 3. The van der Waals surface area contributed by atoms with Gasteiger partial charge in [0.25, 0.3) is 0 Å². The van der Waals surface area contributed by atoms with Crippen LogP contribution in [0.15, 0.2) is 54.6 Å². The number of nitriles is 1. The molecule has 1 heterocycles. The lowest BCUT2D eigenvalue weighted by molar-refractivity contribution is -0.0515. The second kappa shape index (κ2) is 9.96. The van der Waals surface area contributed by atoms with Gasteiger partial charge < -0.3 is 9.47 Å². The third-order valence-corrected chi connectivity index (χ3v) is 5.68. The Hall–Kier alpha value is -3.85. The molecule has 1 atom stereocenters. The van der Waals surface area contributed by atoms with E-state index in [9.17, 15) is 10.1 Å². The Kier molecular flexibility index (Phi) is 7.26. The first-order valence-corrected chi connectivity index (χ1v) is 11.2. The largest absolute Gasteiger partial charge is 0.451 e. The Morgan fingerprint density at radius 2 is 1.62 bits per heavy atom. The number of hydrogen-bond donors (Lipinski definition) is 0. The van der Waals surface area contributed by atoms with Crippen LogP contribution in [0.5, 0.6) is 0 Å². The first-order chi connectivity index (χ1) is 16.0. The van der Waals surface area contributed by atoms with Gasteiger partial charge in [0.05, 0.1) is 11.3 Å². The van der Waals surface area contributed by atoms with Crippen molar-refractivity contribution in [3.63, 3.8) is 0 Å². The predicted octanol–water partition coefficient (Wildman–Crippen LogP) is 5.95. The third-order valence-electron chi connectivity index (χ3n) is 5.68. The number of aromatic nitrogens is 2. The lowest BCUT2D eigenvalue weighted by atomic mass is 9.86. The van der Waals surface area contributed by atoms with Crippen LogP contribution in [0.3, 0.4) is 0 Å². The van der Waals surface area contributed by atoms with Crippen LogP contribution in [0.1, 0.15) is 66.1 Å². The van der Waals surface area contributed by atoms with E-state index in [1.54, 1.807) is 42.9 Å². The molecule has 0 radical (unpaired) electrons. The average molecular weight is 458 g/mol. The van der Waals surface area contributed by atoms with Crippen molar-refractivity contribution in [1.29, 1.82) is 5.26 Å². The zero-order valence-electron chi connectivity index (χ0n) is 20.8. The molecule has 0 aliphatic heterocycles. The number of carbonyl (C=O) groups is 1. The van der Waals surface area contributed by atoms with Crippen molar-refractivity contribution in [3.8, 4) is 6.07 Å². The first kappa shape index (κ1) is 24.8. The summed E-state index contributed by atoms with van der Waals surface area (Å²) in [6.07, 6.45) is -0.936. The summed E-state index contributed by atoms with van der Waals surface area (Å²) < 4.78 is 13.4. The molecule has 0 N–H and O–H groups in total. The van der Waals surface area contributed by atoms with E-state index >= 15 is 0 Å². The van der Waals surface area contributed by atoms with E-state index in [0.29, 0.717) is 28.2 Å². The normalized spacial score (nSPS) is 13.0. The minimum absolute atomic E-state index is 0.00965. The van der Waals surface area contributed by atoms with Crippen molar-refractivity contribution in [2.75, 3.05) is 0 Å². The number of hydrogen-bond acceptors (Lipinski definition) is 5. The van der Waals surface area contributed by atoms with Crippen molar-refractivity contribution < 1.29 is 14.3 Å². The smallest absolute Gasteiger partial charge is 0.341 e. The maximum atomic E-state index is 12.6. The molecule has 0 aliphatic carbocycles. The van der Waals surface area contributed by atoms with Gasteiger partial charge in [0, 0.05) is 19.5 Å². The monoisotopic (exact) mass is 457 g/mol. The molecule has 0 bridgehead atoms.